The van der Waals surface area contributed by atoms with Gasteiger partial charge in [-0.2, -0.15) is 5.10 Å². The molecule has 20 heavy (non-hydrogen) atoms. The SMILES string of the molecule is Cc1c(C(C)NC(=O)[C@H]2NCCO[C@@H]2C)cnn1C.Cl. The summed E-state index contributed by atoms with van der Waals surface area (Å²) >= 11 is 0. The van der Waals surface area contributed by atoms with E-state index < -0.39 is 0 Å². The van der Waals surface area contributed by atoms with Gasteiger partial charge in [-0.05, 0) is 20.8 Å². The second-order valence-electron chi connectivity index (χ2n) is 5.05. The van der Waals surface area contributed by atoms with Crippen LogP contribution < -0.4 is 10.6 Å². The van der Waals surface area contributed by atoms with Crippen LogP contribution >= 0.6 is 12.4 Å². The number of halogens is 1. The first-order valence-electron chi connectivity index (χ1n) is 6.64. The zero-order chi connectivity index (χ0) is 14.0. The predicted molar refractivity (Wildman–Crippen MR) is 79.0 cm³/mol. The highest BCUT2D eigenvalue weighted by atomic mass is 35.5. The summed E-state index contributed by atoms with van der Waals surface area (Å²) < 4.78 is 7.30. The van der Waals surface area contributed by atoms with Gasteiger partial charge in [-0.25, -0.2) is 0 Å². The van der Waals surface area contributed by atoms with Crippen LogP contribution in [0.25, 0.3) is 0 Å². The van der Waals surface area contributed by atoms with Crippen LogP contribution in [0.5, 0.6) is 0 Å². The number of hydrogen-bond acceptors (Lipinski definition) is 4. The Morgan fingerprint density at radius 2 is 2.35 bits per heavy atom. The summed E-state index contributed by atoms with van der Waals surface area (Å²) in [5.74, 6) is -0.0250. The van der Waals surface area contributed by atoms with Gasteiger partial charge < -0.3 is 15.4 Å². The maximum atomic E-state index is 12.2. The second kappa shape index (κ2) is 7.06. The Balaban J connectivity index is 0.00000200. The molecule has 6 nitrogen and oxygen atoms in total. The smallest absolute Gasteiger partial charge is 0.240 e. The van der Waals surface area contributed by atoms with E-state index in [1.54, 1.807) is 6.20 Å². The van der Waals surface area contributed by atoms with E-state index in [2.05, 4.69) is 15.7 Å². The van der Waals surface area contributed by atoms with E-state index in [1.165, 1.54) is 0 Å². The van der Waals surface area contributed by atoms with Gasteiger partial charge in [0.1, 0.15) is 6.04 Å². The van der Waals surface area contributed by atoms with Crippen LogP contribution in [0.3, 0.4) is 0 Å². The molecule has 2 rings (SSSR count). The largest absolute Gasteiger partial charge is 0.375 e. The zero-order valence-corrected chi connectivity index (χ0v) is 13.2. The Morgan fingerprint density at radius 1 is 1.65 bits per heavy atom. The average molecular weight is 303 g/mol. The van der Waals surface area contributed by atoms with Gasteiger partial charge in [0.2, 0.25) is 5.91 Å². The lowest BCUT2D eigenvalue weighted by molar-refractivity contribution is -0.129. The monoisotopic (exact) mass is 302 g/mol. The molecule has 1 amide bonds. The van der Waals surface area contributed by atoms with Gasteiger partial charge in [-0.3, -0.25) is 9.48 Å². The molecule has 0 bridgehead atoms. The van der Waals surface area contributed by atoms with Crippen LogP contribution in [0.2, 0.25) is 0 Å². The van der Waals surface area contributed by atoms with Crippen molar-refractivity contribution in [3.63, 3.8) is 0 Å². The molecule has 2 N–H and O–H groups in total. The highest BCUT2D eigenvalue weighted by Crippen LogP contribution is 2.16. The van der Waals surface area contributed by atoms with Crippen molar-refractivity contribution in [3.05, 3.63) is 17.5 Å². The number of rotatable bonds is 3. The number of hydrogen-bond donors (Lipinski definition) is 2. The van der Waals surface area contributed by atoms with Gasteiger partial charge in [0, 0.05) is 24.8 Å². The number of aromatic nitrogens is 2. The highest BCUT2D eigenvalue weighted by Gasteiger charge is 2.29. The van der Waals surface area contributed by atoms with Gasteiger partial charge in [0.25, 0.3) is 0 Å². The first-order chi connectivity index (χ1) is 9.00. The molecule has 1 saturated heterocycles. The standard InChI is InChI=1S/C13H22N4O2.ClH/c1-8(11-7-15-17(4)9(11)2)16-13(18)12-10(3)19-6-5-14-12;/h7-8,10,12,14H,5-6H2,1-4H3,(H,16,18);1H/t8?,10-,12+;/m1./s1. The second-order valence-corrected chi connectivity index (χ2v) is 5.05. The van der Waals surface area contributed by atoms with E-state index in [0.29, 0.717) is 13.2 Å². The van der Waals surface area contributed by atoms with Crippen LogP contribution in [0.4, 0.5) is 0 Å². The van der Waals surface area contributed by atoms with Crippen molar-refractivity contribution in [1.29, 1.82) is 0 Å². The molecule has 1 aromatic heterocycles. The topological polar surface area (TPSA) is 68.2 Å². The molecule has 2 heterocycles. The number of ether oxygens (including phenoxy) is 1. The summed E-state index contributed by atoms with van der Waals surface area (Å²) in [4.78, 5) is 12.2. The third-order valence-corrected chi connectivity index (χ3v) is 3.70. The molecular weight excluding hydrogens is 280 g/mol. The van der Waals surface area contributed by atoms with Crippen LogP contribution in [0, 0.1) is 6.92 Å². The maximum absolute atomic E-state index is 12.2. The summed E-state index contributed by atoms with van der Waals surface area (Å²) in [7, 11) is 1.89. The number of carbonyl (C=O) groups excluding carboxylic acids is 1. The molecule has 0 spiro atoms. The summed E-state index contributed by atoms with van der Waals surface area (Å²) in [5.41, 5.74) is 2.11. The van der Waals surface area contributed by atoms with Gasteiger partial charge in [0.05, 0.1) is 24.9 Å². The van der Waals surface area contributed by atoms with Gasteiger partial charge in [0.15, 0.2) is 0 Å². The minimum Gasteiger partial charge on any atom is -0.375 e. The van der Waals surface area contributed by atoms with Crippen molar-refractivity contribution in [2.24, 2.45) is 7.05 Å². The molecule has 0 saturated carbocycles. The molecular formula is C13H23ClN4O2. The summed E-state index contributed by atoms with van der Waals surface area (Å²) in [6.07, 6.45) is 1.70. The first kappa shape index (κ1) is 16.9. The van der Waals surface area contributed by atoms with E-state index in [4.69, 9.17) is 4.74 Å². The minimum absolute atomic E-state index is 0. The van der Waals surface area contributed by atoms with Crippen molar-refractivity contribution in [1.82, 2.24) is 20.4 Å². The normalized spacial score (nSPS) is 23.8. The van der Waals surface area contributed by atoms with Crippen LogP contribution in [-0.4, -0.2) is 41.0 Å². The molecule has 1 fully saturated rings. The molecule has 0 aliphatic carbocycles. The van der Waals surface area contributed by atoms with Crippen molar-refractivity contribution in [3.8, 4) is 0 Å². The number of aryl methyl sites for hydroxylation is 1. The molecule has 0 radical (unpaired) electrons. The summed E-state index contributed by atoms with van der Waals surface area (Å²) in [6.45, 7) is 7.24. The molecule has 7 heteroatoms. The van der Waals surface area contributed by atoms with Crippen LogP contribution in [0.1, 0.15) is 31.1 Å². The van der Waals surface area contributed by atoms with Gasteiger partial charge >= 0.3 is 0 Å². The number of carbonyl (C=O) groups is 1. The third kappa shape index (κ3) is 3.50. The van der Waals surface area contributed by atoms with Crippen molar-refractivity contribution in [2.75, 3.05) is 13.2 Å². The van der Waals surface area contributed by atoms with E-state index >= 15 is 0 Å². The van der Waals surface area contributed by atoms with E-state index in [1.807, 2.05) is 32.5 Å². The van der Waals surface area contributed by atoms with Crippen LogP contribution in [-0.2, 0) is 16.6 Å². The van der Waals surface area contributed by atoms with Gasteiger partial charge in [-0.15, -0.1) is 12.4 Å². The molecule has 1 aromatic rings. The van der Waals surface area contributed by atoms with Crippen molar-refractivity contribution >= 4 is 18.3 Å². The maximum Gasteiger partial charge on any atom is 0.240 e. The molecule has 1 aliphatic rings. The Morgan fingerprint density at radius 3 is 2.90 bits per heavy atom. The molecule has 1 unspecified atom stereocenters. The van der Waals surface area contributed by atoms with E-state index in [-0.39, 0.29) is 36.5 Å². The fourth-order valence-corrected chi connectivity index (χ4v) is 2.35. The predicted octanol–water partition coefficient (Wildman–Crippen LogP) is 0.704. The molecule has 3 atom stereocenters. The van der Waals surface area contributed by atoms with Crippen molar-refractivity contribution < 1.29 is 9.53 Å². The lowest BCUT2D eigenvalue weighted by Crippen LogP contribution is -2.55. The van der Waals surface area contributed by atoms with E-state index in [9.17, 15) is 4.79 Å². The first-order valence-corrected chi connectivity index (χ1v) is 6.64. The Hall–Kier alpha value is -1.11. The van der Waals surface area contributed by atoms with Crippen molar-refractivity contribution in [2.45, 2.75) is 39.0 Å². The highest BCUT2D eigenvalue weighted by molar-refractivity contribution is 5.85. The Kier molecular flexibility index (Phi) is 5.98. The third-order valence-electron chi connectivity index (χ3n) is 3.70. The number of nitrogens with zero attached hydrogens (tertiary/aromatic N) is 2. The Bertz CT molecular complexity index is 463. The fourth-order valence-electron chi connectivity index (χ4n) is 2.35. The fraction of sp³-hybridized carbons (Fsp3) is 0.692. The summed E-state index contributed by atoms with van der Waals surface area (Å²) in [5, 5.41) is 10.4. The zero-order valence-electron chi connectivity index (χ0n) is 12.3. The lowest BCUT2D eigenvalue weighted by Gasteiger charge is -2.30. The number of amides is 1. The molecule has 0 aromatic carbocycles. The van der Waals surface area contributed by atoms with E-state index in [0.717, 1.165) is 11.3 Å². The lowest BCUT2D eigenvalue weighted by atomic mass is 10.1. The number of morpholine rings is 1. The molecule has 114 valence electrons. The summed E-state index contributed by atoms with van der Waals surface area (Å²) in [6, 6.07) is -0.342. The number of nitrogens with one attached hydrogen (secondary N) is 2. The Labute approximate surface area is 125 Å². The average Bonchev–Trinajstić information content (AvgIpc) is 2.70. The quantitative estimate of drug-likeness (QED) is 0.863. The van der Waals surface area contributed by atoms with Crippen LogP contribution in [0.15, 0.2) is 6.20 Å². The molecule has 1 aliphatic heterocycles. The van der Waals surface area contributed by atoms with Gasteiger partial charge in [-0.1, -0.05) is 0 Å². The minimum atomic E-state index is -0.284.